The minimum atomic E-state index is -0.190. The average molecular weight is 462 g/mol. The van der Waals surface area contributed by atoms with Crippen molar-refractivity contribution >= 4 is 38.5 Å². The van der Waals surface area contributed by atoms with Crippen molar-refractivity contribution in [3.63, 3.8) is 0 Å². The van der Waals surface area contributed by atoms with Gasteiger partial charge in [0.05, 0.1) is 0 Å². The molecule has 1 nitrogen and oxygen atoms in total. The van der Waals surface area contributed by atoms with Gasteiger partial charge in [-0.1, -0.05) is 35.0 Å². The van der Waals surface area contributed by atoms with Crippen molar-refractivity contribution in [2.75, 3.05) is 6.54 Å². The molecule has 2 rings (SSSR count). The maximum Gasteiger partial charge on any atom is 0.123 e. The third-order valence-corrected chi connectivity index (χ3v) is 4.84. The van der Waals surface area contributed by atoms with Crippen LogP contribution in [-0.2, 0) is 6.42 Å². The van der Waals surface area contributed by atoms with E-state index in [1.165, 1.54) is 15.2 Å². The van der Waals surface area contributed by atoms with Gasteiger partial charge in [0.25, 0.3) is 0 Å². The van der Waals surface area contributed by atoms with E-state index < -0.39 is 0 Å². The molecular weight excluding hydrogens is 444 g/mol. The van der Waals surface area contributed by atoms with E-state index in [1.54, 1.807) is 12.1 Å². The summed E-state index contributed by atoms with van der Waals surface area (Å²) in [5.74, 6) is -0.190. The summed E-state index contributed by atoms with van der Waals surface area (Å²) in [5, 5.41) is 3.55. The zero-order valence-corrected chi connectivity index (χ0v) is 15.6. The molecule has 0 fully saturated rings. The Hall–Kier alpha value is -0.460. The summed E-state index contributed by atoms with van der Waals surface area (Å²) in [5.41, 5.74) is 2.22. The largest absolute Gasteiger partial charge is 0.310 e. The van der Waals surface area contributed by atoms with Crippen LogP contribution in [0.1, 0.15) is 30.5 Å². The molecule has 1 atom stereocenters. The van der Waals surface area contributed by atoms with E-state index in [2.05, 4.69) is 75.0 Å². The van der Waals surface area contributed by atoms with Crippen LogP contribution in [0.3, 0.4) is 0 Å². The van der Waals surface area contributed by atoms with Crippen LogP contribution in [0.4, 0.5) is 4.39 Å². The molecular formula is C17H18BrFIN. The zero-order valence-electron chi connectivity index (χ0n) is 11.9. The number of benzene rings is 2. The molecule has 21 heavy (non-hydrogen) atoms. The summed E-state index contributed by atoms with van der Waals surface area (Å²) in [6, 6.07) is 13.6. The fourth-order valence-electron chi connectivity index (χ4n) is 2.24. The molecule has 1 N–H and O–H groups in total. The average Bonchev–Trinajstić information content (AvgIpc) is 2.48. The van der Waals surface area contributed by atoms with Crippen LogP contribution >= 0.6 is 38.5 Å². The summed E-state index contributed by atoms with van der Waals surface area (Å²) in [6.45, 7) is 3.10. The Morgan fingerprint density at radius 2 is 1.90 bits per heavy atom. The third kappa shape index (κ3) is 5.04. The van der Waals surface area contributed by atoms with Crippen molar-refractivity contribution in [3.05, 3.63) is 67.5 Å². The Bertz CT molecular complexity index is 586. The standard InChI is InChI=1S/C17H18BrFIN/c1-2-9-21-17(12-3-6-15(20)7-4-12)11-13-10-14(19)5-8-16(13)18/h3-8,10,17,21H,2,9,11H2,1H3. The predicted molar refractivity (Wildman–Crippen MR) is 98.0 cm³/mol. The number of hydrogen-bond donors (Lipinski definition) is 1. The topological polar surface area (TPSA) is 12.0 Å². The summed E-state index contributed by atoms with van der Waals surface area (Å²) in [4.78, 5) is 0. The molecule has 0 aliphatic carbocycles. The van der Waals surface area contributed by atoms with Gasteiger partial charge in [0.15, 0.2) is 0 Å². The minimum absolute atomic E-state index is 0.190. The number of nitrogens with one attached hydrogen (secondary N) is 1. The molecule has 0 amide bonds. The van der Waals surface area contributed by atoms with Gasteiger partial charge in [-0.15, -0.1) is 0 Å². The lowest BCUT2D eigenvalue weighted by atomic mass is 9.98. The van der Waals surface area contributed by atoms with Crippen LogP contribution in [0.5, 0.6) is 0 Å². The molecule has 4 heteroatoms. The van der Waals surface area contributed by atoms with Crippen LogP contribution in [0.2, 0.25) is 0 Å². The van der Waals surface area contributed by atoms with Gasteiger partial charge in [0.2, 0.25) is 0 Å². The van der Waals surface area contributed by atoms with E-state index in [-0.39, 0.29) is 11.9 Å². The summed E-state index contributed by atoms with van der Waals surface area (Å²) in [6.07, 6.45) is 1.84. The predicted octanol–water partition coefficient (Wildman–Crippen LogP) is 5.48. The number of hydrogen-bond acceptors (Lipinski definition) is 1. The van der Waals surface area contributed by atoms with Crippen molar-refractivity contribution in [1.29, 1.82) is 0 Å². The van der Waals surface area contributed by atoms with Gasteiger partial charge in [-0.25, -0.2) is 4.39 Å². The molecule has 0 saturated carbocycles. The first-order valence-corrected chi connectivity index (χ1v) is 8.90. The van der Waals surface area contributed by atoms with E-state index in [1.807, 2.05) is 0 Å². The van der Waals surface area contributed by atoms with Gasteiger partial charge in [0.1, 0.15) is 5.82 Å². The van der Waals surface area contributed by atoms with Gasteiger partial charge in [-0.05, 0) is 83.4 Å². The van der Waals surface area contributed by atoms with Crippen molar-refractivity contribution in [3.8, 4) is 0 Å². The summed E-state index contributed by atoms with van der Waals surface area (Å²) >= 11 is 5.82. The van der Waals surface area contributed by atoms with Crippen LogP contribution in [0, 0.1) is 9.39 Å². The second-order valence-corrected chi connectivity index (χ2v) is 7.10. The minimum Gasteiger partial charge on any atom is -0.310 e. The van der Waals surface area contributed by atoms with Gasteiger partial charge in [0, 0.05) is 14.1 Å². The molecule has 0 saturated heterocycles. The van der Waals surface area contributed by atoms with E-state index in [0.717, 1.165) is 29.4 Å². The lowest BCUT2D eigenvalue weighted by Crippen LogP contribution is -2.24. The second kappa shape index (κ2) is 8.25. The molecule has 1 unspecified atom stereocenters. The summed E-state index contributed by atoms with van der Waals surface area (Å²) < 4.78 is 15.6. The molecule has 2 aromatic rings. The molecule has 0 radical (unpaired) electrons. The highest BCUT2D eigenvalue weighted by atomic mass is 127. The van der Waals surface area contributed by atoms with E-state index in [4.69, 9.17) is 0 Å². The lowest BCUT2D eigenvalue weighted by Gasteiger charge is -2.20. The monoisotopic (exact) mass is 461 g/mol. The Morgan fingerprint density at radius 1 is 1.19 bits per heavy atom. The normalized spacial score (nSPS) is 12.4. The van der Waals surface area contributed by atoms with Crippen molar-refractivity contribution in [2.24, 2.45) is 0 Å². The quantitative estimate of drug-likeness (QED) is 0.562. The SMILES string of the molecule is CCCNC(Cc1cc(F)ccc1Br)c1ccc(I)cc1. The Morgan fingerprint density at radius 3 is 2.57 bits per heavy atom. The van der Waals surface area contributed by atoms with Gasteiger partial charge in [-0.2, -0.15) is 0 Å². The highest BCUT2D eigenvalue weighted by molar-refractivity contribution is 14.1. The van der Waals surface area contributed by atoms with Crippen molar-refractivity contribution in [2.45, 2.75) is 25.8 Å². The Labute approximate surface area is 147 Å². The fourth-order valence-corrected chi connectivity index (χ4v) is 3.01. The molecule has 0 aliphatic heterocycles. The number of halogens is 3. The van der Waals surface area contributed by atoms with E-state index >= 15 is 0 Å². The number of rotatable bonds is 6. The van der Waals surface area contributed by atoms with Crippen molar-refractivity contribution < 1.29 is 4.39 Å². The highest BCUT2D eigenvalue weighted by Crippen LogP contribution is 2.25. The van der Waals surface area contributed by atoms with E-state index in [9.17, 15) is 4.39 Å². The molecule has 0 heterocycles. The van der Waals surface area contributed by atoms with Gasteiger partial charge in [-0.3, -0.25) is 0 Å². The first-order valence-electron chi connectivity index (χ1n) is 7.03. The lowest BCUT2D eigenvalue weighted by molar-refractivity contribution is 0.526. The maximum atomic E-state index is 13.5. The molecule has 0 aromatic heterocycles. The molecule has 0 aliphatic rings. The van der Waals surface area contributed by atoms with Gasteiger partial charge >= 0.3 is 0 Å². The van der Waals surface area contributed by atoms with Crippen LogP contribution in [0.15, 0.2) is 46.9 Å². The molecule has 112 valence electrons. The highest BCUT2D eigenvalue weighted by Gasteiger charge is 2.14. The smallest absolute Gasteiger partial charge is 0.123 e. The molecule has 0 bridgehead atoms. The van der Waals surface area contributed by atoms with E-state index in [0.29, 0.717) is 0 Å². The van der Waals surface area contributed by atoms with Crippen LogP contribution < -0.4 is 5.32 Å². The fraction of sp³-hybridized carbons (Fsp3) is 0.294. The Balaban J connectivity index is 2.23. The zero-order chi connectivity index (χ0) is 15.2. The molecule has 0 spiro atoms. The second-order valence-electron chi connectivity index (χ2n) is 5.00. The Kier molecular flexibility index (Phi) is 6.64. The third-order valence-electron chi connectivity index (χ3n) is 3.34. The first-order chi connectivity index (χ1) is 10.1. The first kappa shape index (κ1) is 16.9. The summed E-state index contributed by atoms with van der Waals surface area (Å²) in [7, 11) is 0. The van der Waals surface area contributed by atoms with Crippen LogP contribution in [-0.4, -0.2) is 6.54 Å². The van der Waals surface area contributed by atoms with Crippen molar-refractivity contribution in [1.82, 2.24) is 5.32 Å². The maximum absolute atomic E-state index is 13.5. The van der Waals surface area contributed by atoms with Gasteiger partial charge < -0.3 is 5.32 Å². The molecule has 2 aromatic carbocycles. The van der Waals surface area contributed by atoms with Crippen LogP contribution in [0.25, 0.3) is 0 Å².